The lowest BCUT2D eigenvalue weighted by Gasteiger charge is -2.24. The lowest BCUT2D eigenvalue weighted by molar-refractivity contribution is -0.144. The Hall–Kier alpha value is -1.63. The van der Waals surface area contributed by atoms with Crippen LogP contribution >= 0.6 is 0 Å². The molecule has 0 saturated carbocycles. The van der Waals surface area contributed by atoms with Gasteiger partial charge in [-0.25, -0.2) is 0 Å². The molecule has 0 radical (unpaired) electrons. The van der Waals surface area contributed by atoms with E-state index in [2.05, 4.69) is 30.6 Å². The molecule has 0 atom stereocenters. The molecule has 7 nitrogen and oxygen atoms in total. The molecule has 0 N–H and O–H groups in total. The average Bonchev–Trinajstić information content (AvgIpc) is 3.69. The number of nitrogens with zero attached hydrogens (tertiary/aromatic N) is 2. The van der Waals surface area contributed by atoms with Gasteiger partial charge in [-0.05, 0) is 76.8 Å². The summed E-state index contributed by atoms with van der Waals surface area (Å²) in [5, 5.41) is 0. The third-order valence-corrected chi connectivity index (χ3v) is 11.3. The number of rotatable bonds is 39. The summed E-state index contributed by atoms with van der Waals surface area (Å²) >= 11 is 0. The van der Waals surface area contributed by atoms with Gasteiger partial charge in [0, 0.05) is 38.9 Å². The van der Waals surface area contributed by atoms with Crippen LogP contribution < -0.4 is 0 Å². The van der Waals surface area contributed by atoms with Crippen molar-refractivity contribution in [3.8, 4) is 0 Å². The maximum atomic E-state index is 13.2. The normalized spacial score (nSPS) is 13.2. The molecule has 1 fully saturated rings. The second kappa shape index (κ2) is 37.3. The number of ether oxygens (including phenoxy) is 2. The third-order valence-electron chi connectivity index (χ3n) is 11.3. The lowest BCUT2D eigenvalue weighted by atomic mass is 9.91. The Kier molecular flexibility index (Phi) is 34.8. The highest BCUT2D eigenvalue weighted by Gasteiger charge is 2.17. The van der Waals surface area contributed by atoms with E-state index in [9.17, 15) is 14.4 Å². The monoisotopic (exact) mass is 749 g/mol. The number of hydrogen-bond donors (Lipinski definition) is 0. The summed E-state index contributed by atoms with van der Waals surface area (Å²) < 4.78 is 11.0. The molecule has 0 aromatic rings. The van der Waals surface area contributed by atoms with E-state index in [4.69, 9.17) is 9.47 Å². The van der Waals surface area contributed by atoms with Gasteiger partial charge < -0.3 is 19.3 Å². The van der Waals surface area contributed by atoms with Crippen molar-refractivity contribution in [2.24, 2.45) is 5.92 Å². The minimum Gasteiger partial charge on any atom is -0.466 e. The van der Waals surface area contributed by atoms with Gasteiger partial charge in [0.2, 0.25) is 5.91 Å². The summed E-state index contributed by atoms with van der Waals surface area (Å²) in [5.74, 6) is 1.01. The van der Waals surface area contributed by atoms with Crippen LogP contribution in [0, 0.1) is 5.92 Å². The second-order valence-electron chi connectivity index (χ2n) is 16.3. The van der Waals surface area contributed by atoms with Gasteiger partial charge in [-0.3, -0.25) is 14.4 Å². The van der Waals surface area contributed by atoms with Crippen molar-refractivity contribution in [2.45, 2.75) is 226 Å². The van der Waals surface area contributed by atoms with Gasteiger partial charge in [-0.15, -0.1) is 0 Å². The maximum Gasteiger partial charge on any atom is 0.305 e. The molecule has 1 aliphatic heterocycles. The van der Waals surface area contributed by atoms with Crippen molar-refractivity contribution >= 4 is 17.8 Å². The largest absolute Gasteiger partial charge is 0.466 e. The molecule has 1 heterocycles. The van der Waals surface area contributed by atoms with Crippen molar-refractivity contribution in [1.29, 1.82) is 0 Å². The standard InChI is InChI=1S/C46H88N2O5/c1-4-7-10-11-12-19-28-41-52-45(50)33-22-15-13-17-24-38-48(44(49)35-40-47-36-26-27-37-47)39-25-18-14-16-23-34-46(51)53-42-29-32-43(30-20-8-5-2)31-21-9-6-3/h43H,4-42H2,1-3H3. The summed E-state index contributed by atoms with van der Waals surface area (Å²) in [6.07, 6.45) is 35.8. The number of esters is 2. The van der Waals surface area contributed by atoms with Crippen LogP contribution in [0.2, 0.25) is 0 Å². The summed E-state index contributed by atoms with van der Waals surface area (Å²) in [6.45, 7) is 12.8. The van der Waals surface area contributed by atoms with E-state index < -0.39 is 0 Å². The van der Waals surface area contributed by atoms with Gasteiger partial charge in [-0.1, -0.05) is 149 Å². The molecule has 0 aromatic carbocycles. The van der Waals surface area contributed by atoms with Gasteiger partial charge in [-0.2, -0.15) is 0 Å². The SMILES string of the molecule is CCCCCCCCCOC(=O)CCCCCCCN(CCCCCCCC(=O)OCCCC(CCCCC)CCCCC)C(=O)CCN1CCCC1. The number of unbranched alkanes of at least 4 members (excludes halogenated alkanes) is 18. The highest BCUT2D eigenvalue weighted by molar-refractivity contribution is 5.76. The molecule has 0 aliphatic carbocycles. The minimum absolute atomic E-state index is 0.0352. The first-order valence-electron chi connectivity index (χ1n) is 23.3. The van der Waals surface area contributed by atoms with Crippen molar-refractivity contribution < 1.29 is 23.9 Å². The molecule has 312 valence electrons. The lowest BCUT2D eigenvalue weighted by Crippen LogP contribution is -2.35. The Morgan fingerprint density at radius 1 is 0.491 bits per heavy atom. The highest BCUT2D eigenvalue weighted by Crippen LogP contribution is 2.22. The Morgan fingerprint density at radius 2 is 0.906 bits per heavy atom. The smallest absolute Gasteiger partial charge is 0.305 e. The van der Waals surface area contributed by atoms with Crippen LogP contribution in [0.15, 0.2) is 0 Å². The molecule has 1 aliphatic rings. The summed E-state index contributed by atoms with van der Waals surface area (Å²) in [7, 11) is 0. The van der Waals surface area contributed by atoms with Crippen molar-refractivity contribution in [1.82, 2.24) is 9.80 Å². The molecule has 53 heavy (non-hydrogen) atoms. The zero-order valence-corrected chi connectivity index (χ0v) is 35.6. The number of amides is 1. The highest BCUT2D eigenvalue weighted by atomic mass is 16.5. The second-order valence-corrected chi connectivity index (χ2v) is 16.3. The Morgan fingerprint density at radius 3 is 1.43 bits per heavy atom. The molecule has 0 bridgehead atoms. The average molecular weight is 749 g/mol. The molecule has 0 spiro atoms. The molecular formula is C46H88N2O5. The summed E-state index contributed by atoms with van der Waals surface area (Å²) in [4.78, 5) is 42.2. The molecule has 0 aromatic heterocycles. The predicted molar refractivity (Wildman–Crippen MR) is 223 cm³/mol. The van der Waals surface area contributed by atoms with E-state index in [1.54, 1.807) is 0 Å². The van der Waals surface area contributed by atoms with Gasteiger partial charge >= 0.3 is 11.9 Å². The number of carbonyl (C=O) groups excluding carboxylic acids is 3. The first-order chi connectivity index (χ1) is 26.0. The van der Waals surface area contributed by atoms with Crippen LogP contribution in [0.25, 0.3) is 0 Å². The maximum absolute atomic E-state index is 13.2. The van der Waals surface area contributed by atoms with E-state index in [1.807, 2.05) is 0 Å². The van der Waals surface area contributed by atoms with Crippen molar-refractivity contribution in [2.75, 3.05) is 45.9 Å². The van der Waals surface area contributed by atoms with E-state index >= 15 is 0 Å². The first kappa shape index (κ1) is 49.4. The fraction of sp³-hybridized carbons (Fsp3) is 0.935. The third kappa shape index (κ3) is 31.3. The Balaban J connectivity index is 2.19. The van der Waals surface area contributed by atoms with Crippen LogP contribution in [0.3, 0.4) is 0 Å². The molecular weight excluding hydrogens is 661 g/mol. The Bertz CT molecular complexity index is 836. The summed E-state index contributed by atoms with van der Waals surface area (Å²) in [5.41, 5.74) is 0. The van der Waals surface area contributed by atoms with Crippen LogP contribution in [-0.2, 0) is 23.9 Å². The topological polar surface area (TPSA) is 76.1 Å². The van der Waals surface area contributed by atoms with Crippen molar-refractivity contribution in [3.05, 3.63) is 0 Å². The molecule has 1 amide bonds. The molecule has 7 heteroatoms. The zero-order chi connectivity index (χ0) is 38.5. The quantitative estimate of drug-likeness (QED) is 0.0460. The Labute approximate surface area is 328 Å². The number of likely N-dealkylation sites (tertiary alicyclic amines) is 1. The minimum atomic E-state index is -0.0458. The van der Waals surface area contributed by atoms with Crippen LogP contribution in [0.5, 0.6) is 0 Å². The number of carbonyl (C=O) groups is 3. The van der Waals surface area contributed by atoms with Crippen LogP contribution in [0.4, 0.5) is 0 Å². The molecule has 0 unspecified atom stereocenters. The van der Waals surface area contributed by atoms with Gasteiger partial charge in [0.25, 0.3) is 0 Å². The van der Waals surface area contributed by atoms with E-state index in [1.165, 1.54) is 103 Å². The van der Waals surface area contributed by atoms with Crippen LogP contribution in [0.1, 0.15) is 226 Å². The first-order valence-corrected chi connectivity index (χ1v) is 23.3. The predicted octanol–water partition coefficient (Wildman–Crippen LogP) is 12.4. The van der Waals surface area contributed by atoms with Crippen molar-refractivity contribution in [3.63, 3.8) is 0 Å². The van der Waals surface area contributed by atoms with Gasteiger partial charge in [0.15, 0.2) is 0 Å². The van der Waals surface area contributed by atoms with Crippen LogP contribution in [-0.4, -0.2) is 73.6 Å². The summed E-state index contributed by atoms with van der Waals surface area (Å²) in [6, 6.07) is 0. The van der Waals surface area contributed by atoms with Gasteiger partial charge in [0.05, 0.1) is 13.2 Å². The fourth-order valence-corrected chi connectivity index (χ4v) is 7.73. The zero-order valence-electron chi connectivity index (χ0n) is 35.6. The fourth-order valence-electron chi connectivity index (χ4n) is 7.73. The molecule has 1 rings (SSSR count). The van der Waals surface area contributed by atoms with E-state index in [-0.39, 0.29) is 11.9 Å². The van der Waals surface area contributed by atoms with E-state index in [0.29, 0.717) is 38.4 Å². The van der Waals surface area contributed by atoms with Gasteiger partial charge in [0.1, 0.15) is 0 Å². The van der Waals surface area contributed by atoms with E-state index in [0.717, 1.165) is 122 Å². The molecule has 1 saturated heterocycles. The number of hydrogen-bond acceptors (Lipinski definition) is 6.